The van der Waals surface area contributed by atoms with Crippen LogP contribution in [0.5, 0.6) is 5.75 Å². The fraction of sp³-hybridized carbons (Fsp3) is 0.462. The second-order valence-electron chi connectivity index (χ2n) is 4.52. The summed E-state index contributed by atoms with van der Waals surface area (Å²) >= 11 is 3.44. The van der Waals surface area contributed by atoms with Gasteiger partial charge < -0.3 is 15.8 Å². The minimum absolute atomic E-state index is 0. The first-order chi connectivity index (χ1) is 8.61. The fourth-order valence-electron chi connectivity index (χ4n) is 1.94. The van der Waals surface area contributed by atoms with Gasteiger partial charge in [0.15, 0.2) is 0 Å². The summed E-state index contributed by atoms with van der Waals surface area (Å²) in [5, 5.41) is 3.03. The Morgan fingerprint density at radius 1 is 1.63 bits per heavy atom. The Labute approximate surface area is 127 Å². The molecule has 0 spiro atoms. The van der Waals surface area contributed by atoms with Gasteiger partial charge in [-0.1, -0.05) is 22.9 Å². The fourth-order valence-corrected chi connectivity index (χ4v) is 2.32. The first kappa shape index (κ1) is 16.3. The van der Waals surface area contributed by atoms with Crippen LogP contribution < -0.4 is 15.8 Å². The first-order valence-corrected chi connectivity index (χ1v) is 6.84. The zero-order chi connectivity index (χ0) is 13.1. The van der Waals surface area contributed by atoms with E-state index >= 15 is 0 Å². The molecule has 3 N–H and O–H groups in total. The molecule has 6 heteroatoms. The van der Waals surface area contributed by atoms with Crippen LogP contribution in [0.3, 0.4) is 0 Å². The number of fused-ring (bicyclic) bond motifs is 1. The highest BCUT2D eigenvalue weighted by molar-refractivity contribution is 9.10. The Morgan fingerprint density at radius 3 is 3.05 bits per heavy atom. The number of carbonyl (C=O) groups is 1. The largest absolute Gasteiger partial charge is 0.493 e. The lowest BCUT2D eigenvalue weighted by atomic mass is 9.99. The third-order valence-electron chi connectivity index (χ3n) is 3.13. The van der Waals surface area contributed by atoms with Gasteiger partial charge in [-0.3, -0.25) is 4.79 Å². The number of nitrogens with one attached hydrogen (secondary N) is 1. The highest BCUT2D eigenvalue weighted by atomic mass is 79.9. The van der Waals surface area contributed by atoms with Crippen LogP contribution in [0.2, 0.25) is 0 Å². The van der Waals surface area contributed by atoms with Gasteiger partial charge in [-0.05, 0) is 18.2 Å². The Hall–Kier alpha value is -0.780. The molecule has 0 aliphatic carbocycles. The average Bonchev–Trinajstić information content (AvgIpc) is 2.38. The molecule has 1 heterocycles. The maximum Gasteiger partial charge on any atom is 0.224 e. The molecule has 0 saturated heterocycles. The van der Waals surface area contributed by atoms with Crippen molar-refractivity contribution in [3.63, 3.8) is 0 Å². The van der Waals surface area contributed by atoms with E-state index in [0.717, 1.165) is 22.2 Å². The lowest BCUT2D eigenvalue weighted by Crippen LogP contribution is -2.37. The molecule has 1 aromatic rings. The van der Waals surface area contributed by atoms with Crippen LogP contribution in [0.25, 0.3) is 0 Å². The number of hydrogen-bond acceptors (Lipinski definition) is 3. The summed E-state index contributed by atoms with van der Waals surface area (Å²) in [7, 11) is 0. The van der Waals surface area contributed by atoms with Crippen LogP contribution in [-0.4, -0.2) is 19.1 Å². The number of amides is 1. The molecular formula is C13H18BrClN2O2. The minimum atomic E-state index is -0.163. The van der Waals surface area contributed by atoms with Gasteiger partial charge in [0.1, 0.15) is 5.75 Å². The van der Waals surface area contributed by atoms with Crippen LogP contribution in [0.1, 0.15) is 24.9 Å². The van der Waals surface area contributed by atoms with Crippen molar-refractivity contribution < 1.29 is 9.53 Å². The molecule has 2 rings (SSSR count). The first-order valence-electron chi connectivity index (χ1n) is 6.04. The predicted molar refractivity (Wildman–Crippen MR) is 80.6 cm³/mol. The standard InChI is InChI=1S/C13H17BrN2O2.ClH/c1-8(7-15)13(17)16-11-4-5-18-12-3-2-9(14)6-10(11)12;/h2-3,6,8,11H,4-5,7,15H2,1H3,(H,16,17);1H. The van der Waals surface area contributed by atoms with Gasteiger partial charge in [0.2, 0.25) is 5.91 Å². The highest BCUT2D eigenvalue weighted by Crippen LogP contribution is 2.34. The van der Waals surface area contributed by atoms with Crippen LogP contribution in [0, 0.1) is 5.92 Å². The van der Waals surface area contributed by atoms with Crippen molar-refractivity contribution in [2.75, 3.05) is 13.2 Å². The molecule has 1 amide bonds. The second-order valence-corrected chi connectivity index (χ2v) is 5.43. The zero-order valence-electron chi connectivity index (χ0n) is 10.7. The molecular weight excluding hydrogens is 332 g/mol. The summed E-state index contributed by atoms with van der Waals surface area (Å²) in [6, 6.07) is 5.86. The monoisotopic (exact) mass is 348 g/mol. The van der Waals surface area contributed by atoms with Crippen molar-refractivity contribution in [3.8, 4) is 5.75 Å². The Kier molecular flexibility index (Phi) is 6.10. The van der Waals surface area contributed by atoms with E-state index in [4.69, 9.17) is 10.5 Å². The maximum atomic E-state index is 11.9. The quantitative estimate of drug-likeness (QED) is 0.881. The zero-order valence-corrected chi connectivity index (χ0v) is 13.1. The topological polar surface area (TPSA) is 64.4 Å². The molecule has 0 fully saturated rings. The van der Waals surface area contributed by atoms with E-state index in [1.54, 1.807) is 0 Å². The molecule has 0 aromatic heterocycles. The number of halogens is 2. The molecule has 106 valence electrons. The summed E-state index contributed by atoms with van der Waals surface area (Å²) in [6.07, 6.45) is 0.784. The molecule has 1 aromatic carbocycles. The van der Waals surface area contributed by atoms with Gasteiger partial charge in [0.05, 0.1) is 12.6 Å². The summed E-state index contributed by atoms with van der Waals surface area (Å²) in [5.41, 5.74) is 6.53. The van der Waals surface area contributed by atoms with Crippen molar-refractivity contribution in [1.29, 1.82) is 0 Å². The lowest BCUT2D eigenvalue weighted by Gasteiger charge is -2.27. The van der Waals surface area contributed by atoms with Gasteiger partial charge in [-0.15, -0.1) is 12.4 Å². The van der Waals surface area contributed by atoms with Crippen molar-refractivity contribution in [2.24, 2.45) is 11.7 Å². The van der Waals surface area contributed by atoms with E-state index in [1.807, 2.05) is 25.1 Å². The van der Waals surface area contributed by atoms with Crippen molar-refractivity contribution in [2.45, 2.75) is 19.4 Å². The SMILES string of the molecule is CC(CN)C(=O)NC1CCOc2ccc(Br)cc21.Cl. The number of hydrogen-bond donors (Lipinski definition) is 2. The number of benzene rings is 1. The Bertz CT molecular complexity index is 456. The van der Waals surface area contributed by atoms with E-state index in [1.165, 1.54) is 0 Å². The molecule has 0 radical (unpaired) electrons. The van der Waals surface area contributed by atoms with Crippen molar-refractivity contribution in [3.05, 3.63) is 28.2 Å². The minimum Gasteiger partial charge on any atom is -0.493 e. The van der Waals surface area contributed by atoms with E-state index in [-0.39, 0.29) is 30.3 Å². The molecule has 0 bridgehead atoms. The van der Waals surface area contributed by atoms with Crippen LogP contribution in [-0.2, 0) is 4.79 Å². The molecule has 19 heavy (non-hydrogen) atoms. The maximum absolute atomic E-state index is 11.9. The molecule has 2 atom stereocenters. The number of ether oxygens (including phenoxy) is 1. The van der Waals surface area contributed by atoms with Crippen LogP contribution in [0.15, 0.2) is 22.7 Å². The number of nitrogens with two attached hydrogens (primary N) is 1. The third kappa shape index (κ3) is 3.84. The lowest BCUT2D eigenvalue weighted by molar-refractivity contribution is -0.125. The molecule has 1 aliphatic heterocycles. The number of carbonyl (C=O) groups excluding carboxylic acids is 1. The normalized spacial score (nSPS) is 18.6. The number of rotatable bonds is 3. The smallest absolute Gasteiger partial charge is 0.224 e. The van der Waals surface area contributed by atoms with Gasteiger partial charge in [0, 0.05) is 28.9 Å². The van der Waals surface area contributed by atoms with Crippen LogP contribution in [0.4, 0.5) is 0 Å². The molecule has 0 saturated carbocycles. The van der Waals surface area contributed by atoms with E-state index in [0.29, 0.717) is 13.2 Å². The molecule has 1 aliphatic rings. The predicted octanol–water partition coefficient (Wildman–Crippen LogP) is 2.41. The van der Waals surface area contributed by atoms with Crippen molar-refractivity contribution >= 4 is 34.2 Å². The molecule has 4 nitrogen and oxygen atoms in total. The van der Waals surface area contributed by atoms with Gasteiger partial charge in [-0.25, -0.2) is 0 Å². The summed E-state index contributed by atoms with van der Waals surface area (Å²) in [4.78, 5) is 11.9. The molecule has 2 unspecified atom stereocenters. The van der Waals surface area contributed by atoms with Gasteiger partial charge in [0.25, 0.3) is 0 Å². The third-order valence-corrected chi connectivity index (χ3v) is 3.62. The van der Waals surface area contributed by atoms with Gasteiger partial charge in [-0.2, -0.15) is 0 Å². The highest BCUT2D eigenvalue weighted by Gasteiger charge is 2.24. The van der Waals surface area contributed by atoms with Crippen molar-refractivity contribution in [1.82, 2.24) is 5.32 Å². The summed E-state index contributed by atoms with van der Waals surface area (Å²) < 4.78 is 6.56. The second kappa shape index (κ2) is 7.12. The summed E-state index contributed by atoms with van der Waals surface area (Å²) in [6.45, 7) is 2.81. The van der Waals surface area contributed by atoms with E-state index in [2.05, 4.69) is 21.2 Å². The van der Waals surface area contributed by atoms with Gasteiger partial charge >= 0.3 is 0 Å². The average molecular weight is 350 g/mol. The van der Waals surface area contributed by atoms with E-state index in [9.17, 15) is 4.79 Å². The van der Waals surface area contributed by atoms with E-state index < -0.39 is 0 Å². The summed E-state index contributed by atoms with van der Waals surface area (Å²) in [5.74, 6) is 0.675. The Balaban J connectivity index is 0.00000180. The van der Waals surface area contributed by atoms with Crippen LogP contribution >= 0.6 is 28.3 Å². The Morgan fingerprint density at radius 2 is 2.37 bits per heavy atom.